The van der Waals surface area contributed by atoms with Gasteiger partial charge < -0.3 is 4.74 Å². The van der Waals surface area contributed by atoms with E-state index in [0.29, 0.717) is 23.8 Å². The van der Waals surface area contributed by atoms with Crippen LogP contribution in [0.15, 0.2) is 18.2 Å². The molecule has 0 spiro atoms. The highest BCUT2D eigenvalue weighted by Gasteiger charge is 2.05. The van der Waals surface area contributed by atoms with Crippen molar-refractivity contribution in [3.05, 3.63) is 29.6 Å². The van der Waals surface area contributed by atoms with Crippen molar-refractivity contribution in [1.82, 2.24) is 0 Å². The third kappa shape index (κ3) is 3.90. The Morgan fingerprint density at radius 2 is 2.07 bits per heavy atom. The molecule has 0 amide bonds. The molecule has 0 N–H and O–H groups in total. The van der Waals surface area contributed by atoms with Crippen molar-refractivity contribution in [2.24, 2.45) is 5.92 Å². The van der Waals surface area contributed by atoms with Crippen molar-refractivity contribution in [3.63, 3.8) is 0 Å². The molecule has 1 aromatic rings. The van der Waals surface area contributed by atoms with Crippen molar-refractivity contribution >= 4 is 0 Å². The van der Waals surface area contributed by atoms with Crippen molar-refractivity contribution in [1.29, 1.82) is 0 Å². The van der Waals surface area contributed by atoms with Gasteiger partial charge in [0.15, 0.2) is 11.6 Å². The minimum absolute atomic E-state index is 0.234. The molecule has 84 valence electrons. The standard InChI is InChI=1S/C13H19FO/c1-10(2)6-5-9-15-12-8-4-7-11(3)13(12)14/h4,7-8,10H,5-6,9H2,1-3H3. The third-order valence-corrected chi connectivity index (χ3v) is 2.34. The van der Waals surface area contributed by atoms with Crippen LogP contribution in [-0.2, 0) is 0 Å². The van der Waals surface area contributed by atoms with Crippen LogP contribution >= 0.6 is 0 Å². The summed E-state index contributed by atoms with van der Waals surface area (Å²) in [7, 11) is 0. The highest BCUT2D eigenvalue weighted by Crippen LogP contribution is 2.19. The normalized spacial score (nSPS) is 10.7. The highest BCUT2D eigenvalue weighted by molar-refractivity contribution is 5.29. The Hall–Kier alpha value is -1.05. The predicted octanol–water partition coefficient (Wildman–Crippen LogP) is 3.95. The van der Waals surface area contributed by atoms with Gasteiger partial charge in [-0.25, -0.2) is 4.39 Å². The SMILES string of the molecule is Cc1cccc(OCCCC(C)C)c1F. The Bertz CT molecular complexity index is 307. The number of halogens is 1. The first-order valence-corrected chi connectivity index (χ1v) is 5.49. The molecule has 0 fully saturated rings. The summed E-state index contributed by atoms with van der Waals surface area (Å²) in [4.78, 5) is 0. The minimum atomic E-state index is -0.234. The van der Waals surface area contributed by atoms with Crippen molar-refractivity contribution < 1.29 is 9.13 Å². The number of benzene rings is 1. The first kappa shape index (κ1) is 12.0. The van der Waals surface area contributed by atoms with Crippen LogP contribution in [0.5, 0.6) is 5.75 Å². The van der Waals surface area contributed by atoms with Crippen LogP contribution in [0.25, 0.3) is 0 Å². The molecule has 2 heteroatoms. The Balaban J connectivity index is 2.41. The van der Waals surface area contributed by atoms with Crippen LogP contribution < -0.4 is 4.74 Å². The average Bonchev–Trinajstić information content (AvgIpc) is 2.18. The molecule has 0 radical (unpaired) electrons. The Labute approximate surface area is 91.3 Å². The molecule has 0 aliphatic rings. The first-order valence-electron chi connectivity index (χ1n) is 5.49. The quantitative estimate of drug-likeness (QED) is 0.669. The summed E-state index contributed by atoms with van der Waals surface area (Å²) in [5, 5.41) is 0. The second-order valence-electron chi connectivity index (χ2n) is 4.27. The monoisotopic (exact) mass is 210 g/mol. The van der Waals surface area contributed by atoms with E-state index in [-0.39, 0.29) is 5.82 Å². The van der Waals surface area contributed by atoms with E-state index in [2.05, 4.69) is 13.8 Å². The lowest BCUT2D eigenvalue weighted by molar-refractivity contribution is 0.284. The number of hydrogen-bond donors (Lipinski definition) is 0. The topological polar surface area (TPSA) is 9.23 Å². The maximum atomic E-state index is 13.5. The van der Waals surface area contributed by atoms with Crippen molar-refractivity contribution in [3.8, 4) is 5.75 Å². The maximum absolute atomic E-state index is 13.5. The molecule has 0 aromatic heterocycles. The molecular weight excluding hydrogens is 191 g/mol. The second kappa shape index (κ2) is 5.74. The molecule has 0 bridgehead atoms. The van der Waals surface area contributed by atoms with Gasteiger partial charge in [-0.1, -0.05) is 26.0 Å². The van der Waals surface area contributed by atoms with Gasteiger partial charge in [-0.3, -0.25) is 0 Å². The fourth-order valence-corrected chi connectivity index (χ4v) is 1.41. The molecule has 0 atom stereocenters. The highest BCUT2D eigenvalue weighted by atomic mass is 19.1. The molecule has 1 aromatic carbocycles. The lowest BCUT2D eigenvalue weighted by Crippen LogP contribution is -2.01. The number of ether oxygens (including phenoxy) is 1. The molecule has 0 aliphatic heterocycles. The third-order valence-electron chi connectivity index (χ3n) is 2.34. The maximum Gasteiger partial charge on any atom is 0.167 e. The Kier molecular flexibility index (Phi) is 4.60. The zero-order chi connectivity index (χ0) is 11.3. The molecule has 15 heavy (non-hydrogen) atoms. The fraction of sp³-hybridized carbons (Fsp3) is 0.538. The van der Waals surface area contributed by atoms with Gasteiger partial charge in [0, 0.05) is 0 Å². The van der Waals surface area contributed by atoms with E-state index < -0.39 is 0 Å². The Morgan fingerprint density at radius 3 is 2.73 bits per heavy atom. The van der Waals surface area contributed by atoms with Crippen LogP contribution in [-0.4, -0.2) is 6.61 Å². The molecule has 0 saturated heterocycles. The average molecular weight is 210 g/mol. The summed E-state index contributed by atoms with van der Waals surface area (Å²) < 4.78 is 18.9. The van der Waals surface area contributed by atoms with Gasteiger partial charge in [-0.05, 0) is 37.3 Å². The summed E-state index contributed by atoms with van der Waals surface area (Å²) >= 11 is 0. The van der Waals surface area contributed by atoms with Crippen LogP contribution in [0.1, 0.15) is 32.3 Å². The van der Waals surface area contributed by atoms with Crippen molar-refractivity contribution in [2.45, 2.75) is 33.6 Å². The summed E-state index contributed by atoms with van der Waals surface area (Å²) in [6, 6.07) is 5.24. The predicted molar refractivity (Wildman–Crippen MR) is 60.7 cm³/mol. The fourth-order valence-electron chi connectivity index (χ4n) is 1.41. The van der Waals surface area contributed by atoms with E-state index in [1.54, 1.807) is 19.1 Å². The minimum Gasteiger partial charge on any atom is -0.491 e. The van der Waals surface area contributed by atoms with E-state index >= 15 is 0 Å². The van der Waals surface area contributed by atoms with Gasteiger partial charge >= 0.3 is 0 Å². The number of aryl methyl sites for hydroxylation is 1. The second-order valence-corrected chi connectivity index (χ2v) is 4.27. The van der Waals surface area contributed by atoms with Gasteiger partial charge in [-0.15, -0.1) is 0 Å². The molecule has 0 unspecified atom stereocenters. The zero-order valence-electron chi connectivity index (χ0n) is 9.72. The van der Waals surface area contributed by atoms with Gasteiger partial charge in [0.05, 0.1) is 6.61 Å². The van der Waals surface area contributed by atoms with E-state index in [4.69, 9.17) is 4.74 Å². The molecular formula is C13H19FO. The van der Waals surface area contributed by atoms with Crippen LogP contribution in [0, 0.1) is 18.7 Å². The summed E-state index contributed by atoms with van der Waals surface area (Å²) in [6.07, 6.45) is 2.10. The summed E-state index contributed by atoms with van der Waals surface area (Å²) in [6.45, 7) is 6.69. The van der Waals surface area contributed by atoms with Crippen LogP contribution in [0.2, 0.25) is 0 Å². The van der Waals surface area contributed by atoms with E-state index in [1.165, 1.54) is 0 Å². The summed E-state index contributed by atoms with van der Waals surface area (Å²) in [5.41, 5.74) is 0.636. The first-order chi connectivity index (χ1) is 7.11. The van der Waals surface area contributed by atoms with Gasteiger partial charge in [0.1, 0.15) is 0 Å². The van der Waals surface area contributed by atoms with Crippen LogP contribution in [0.3, 0.4) is 0 Å². The Morgan fingerprint density at radius 1 is 1.33 bits per heavy atom. The molecule has 0 aliphatic carbocycles. The summed E-state index contributed by atoms with van der Waals surface area (Å²) in [5.74, 6) is 0.816. The largest absolute Gasteiger partial charge is 0.491 e. The lowest BCUT2D eigenvalue weighted by atomic mass is 10.1. The zero-order valence-corrected chi connectivity index (χ0v) is 9.72. The van der Waals surface area contributed by atoms with Gasteiger partial charge in [0.25, 0.3) is 0 Å². The molecule has 1 nitrogen and oxygen atoms in total. The number of rotatable bonds is 5. The van der Waals surface area contributed by atoms with Gasteiger partial charge in [0.2, 0.25) is 0 Å². The smallest absolute Gasteiger partial charge is 0.167 e. The molecule has 0 heterocycles. The van der Waals surface area contributed by atoms with Crippen molar-refractivity contribution in [2.75, 3.05) is 6.61 Å². The van der Waals surface area contributed by atoms with E-state index in [9.17, 15) is 4.39 Å². The van der Waals surface area contributed by atoms with E-state index in [0.717, 1.165) is 12.8 Å². The molecule has 0 saturated carbocycles. The van der Waals surface area contributed by atoms with Gasteiger partial charge in [-0.2, -0.15) is 0 Å². The lowest BCUT2D eigenvalue weighted by Gasteiger charge is -2.09. The van der Waals surface area contributed by atoms with Crippen LogP contribution in [0.4, 0.5) is 4.39 Å². The number of hydrogen-bond acceptors (Lipinski definition) is 1. The van der Waals surface area contributed by atoms with E-state index in [1.807, 2.05) is 6.07 Å². The molecule has 1 rings (SSSR count).